The number of hydrogen-bond donors (Lipinski definition) is 1. The van der Waals surface area contributed by atoms with Crippen LogP contribution in [0, 0.1) is 5.92 Å². The number of allylic oxidation sites excluding steroid dienone is 2. The van der Waals surface area contributed by atoms with Crippen molar-refractivity contribution in [3.8, 4) is 11.1 Å². The molecule has 0 heterocycles. The monoisotopic (exact) mass is 539 g/mol. The van der Waals surface area contributed by atoms with E-state index in [1.54, 1.807) is 12.2 Å². The number of rotatable bonds is 4. The molecule has 1 N–H and O–H groups in total. The Bertz CT molecular complexity index is 922. The van der Waals surface area contributed by atoms with Gasteiger partial charge in [0.1, 0.15) is 0 Å². The number of amides is 1. The number of carbonyl (C=O) groups excluding carboxylic acids is 1. The number of hydrogen-bond acceptors (Lipinski definition) is 1. The minimum absolute atomic E-state index is 0. The summed E-state index contributed by atoms with van der Waals surface area (Å²) in [5, 5.41) is 4.80. The average Bonchev–Trinajstić information content (AvgIpc) is 3.19. The van der Waals surface area contributed by atoms with E-state index in [2.05, 4.69) is 75.9 Å². The molecule has 1 fully saturated rings. The summed E-state index contributed by atoms with van der Waals surface area (Å²) in [6, 6.07) is 17.7. The van der Waals surface area contributed by atoms with Gasteiger partial charge in [0, 0.05) is 0 Å². The van der Waals surface area contributed by atoms with Gasteiger partial charge >= 0.3 is 193 Å². The SMILES string of the molecule is C=CC=C.[CH3][Ti]([CH3])([NH]C(=O)C1CCCCCCCCCCC1)[CH]1c2ccccc2-c2ccccc21.[SiH4]. The zero-order valence-corrected chi connectivity index (χ0v) is 23.6. The Morgan fingerprint density at radius 2 is 1.14 bits per heavy atom. The van der Waals surface area contributed by atoms with E-state index in [4.69, 9.17) is 0 Å². The van der Waals surface area contributed by atoms with Gasteiger partial charge in [0.2, 0.25) is 0 Å². The van der Waals surface area contributed by atoms with Crippen molar-refractivity contribution >= 4 is 16.9 Å². The van der Waals surface area contributed by atoms with Crippen molar-refractivity contribution in [3.63, 3.8) is 0 Å². The number of carbonyl (C=O) groups is 1. The summed E-state index contributed by atoms with van der Waals surface area (Å²) in [5.74, 6) is 0.556. The molecule has 196 valence electrons. The van der Waals surface area contributed by atoms with Crippen molar-refractivity contribution < 1.29 is 21.6 Å². The summed E-state index contributed by atoms with van der Waals surface area (Å²) in [7, 11) is 0. The molecule has 0 saturated heterocycles. The fraction of sp³-hybridized carbons (Fsp3) is 0.469. The van der Waals surface area contributed by atoms with Crippen molar-refractivity contribution in [2.24, 2.45) is 5.92 Å². The third-order valence-electron chi connectivity index (χ3n) is 7.64. The molecule has 0 aromatic heterocycles. The van der Waals surface area contributed by atoms with Crippen molar-refractivity contribution in [1.29, 1.82) is 0 Å². The van der Waals surface area contributed by atoms with Gasteiger partial charge < -0.3 is 0 Å². The van der Waals surface area contributed by atoms with Crippen LogP contribution in [0.3, 0.4) is 0 Å². The molecule has 0 bridgehead atoms. The van der Waals surface area contributed by atoms with Crippen LogP contribution in [-0.4, -0.2) is 16.9 Å². The van der Waals surface area contributed by atoms with Gasteiger partial charge in [-0.1, -0.05) is 25.3 Å². The summed E-state index contributed by atoms with van der Waals surface area (Å²) < 4.78 is 4.09. The molecule has 4 heteroatoms. The molecule has 2 aromatic rings. The molecule has 1 saturated carbocycles. The quantitative estimate of drug-likeness (QED) is 0.311. The predicted octanol–water partition coefficient (Wildman–Crippen LogP) is 7.87. The predicted molar refractivity (Wildman–Crippen MR) is 160 cm³/mol. The Labute approximate surface area is 228 Å². The Morgan fingerprint density at radius 1 is 0.750 bits per heavy atom. The van der Waals surface area contributed by atoms with E-state index in [1.807, 2.05) is 0 Å². The van der Waals surface area contributed by atoms with Gasteiger partial charge in [-0.25, -0.2) is 0 Å². The molecule has 1 amide bonds. The van der Waals surface area contributed by atoms with Crippen LogP contribution in [0.2, 0.25) is 10.5 Å². The van der Waals surface area contributed by atoms with E-state index >= 15 is 0 Å². The number of fused-ring (bicyclic) bond motifs is 3. The van der Waals surface area contributed by atoms with Gasteiger partial charge in [-0.2, -0.15) is 0 Å². The van der Waals surface area contributed by atoms with Crippen LogP contribution in [0.4, 0.5) is 0 Å². The van der Waals surface area contributed by atoms with Crippen LogP contribution in [0.5, 0.6) is 0 Å². The van der Waals surface area contributed by atoms with Gasteiger partial charge in [0.25, 0.3) is 0 Å². The molecular formula is C32H49NOSiTi. The molecule has 2 aliphatic rings. The maximum absolute atomic E-state index is 13.5. The second-order valence-corrected chi connectivity index (χ2v) is 17.4. The molecule has 0 atom stereocenters. The molecule has 2 aromatic carbocycles. The molecule has 4 rings (SSSR count). The van der Waals surface area contributed by atoms with Gasteiger partial charge in [0.05, 0.1) is 0 Å². The molecular weight excluding hydrogens is 490 g/mol. The number of nitrogens with one attached hydrogen (secondary N) is 1. The van der Waals surface area contributed by atoms with Crippen molar-refractivity contribution in [2.75, 3.05) is 0 Å². The summed E-state index contributed by atoms with van der Waals surface area (Å²) in [5.41, 5.74) is 5.57. The van der Waals surface area contributed by atoms with E-state index in [0.717, 1.165) is 12.8 Å². The molecule has 0 radical (unpaired) electrons. The smallest absolute Gasteiger partial charge is 0.0149 e. The molecule has 0 aliphatic heterocycles. The van der Waals surface area contributed by atoms with Gasteiger partial charge in [-0.3, -0.25) is 0 Å². The molecule has 0 unspecified atom stereocenters. The minimum atomic E-state index is -2.70. The zero-order valence-electron chi connectivity index (χ0n) is 22.0. The third kappa shape index (κ3) is 8.16. The maximum Gasteiger partial charge on any atom is -0.0149 e. The molecule has 2 nitrogen and oxygen atoms in total. The summed E-state index contributed by atoms with van der Waals surface area (Å²) in [4.78, 5) is 13.5. The normalized spacial score (nSPS) is 16.9. The zero-order chi connectivity index (χ0) is 25.1. The first-order chi connectivity index (χ1) is 17.0. The van der Waals surface area contributed by atoms with E-state index in [1.165, 1.54) is 80.0 Å². The van der Waals surface area contributed by atoms with Crippen LogP contribution in [0.15, 0.2) is 73.8 Å². The van der Waals surface area contributed by atoms with E-state index in [-0.39, 0.29) is 16.9 Å². The van der Waals surface area contributed by atoms with E-state index in [0.29, 0.717) is 10.1 Å². The fourth-order valence-electron chi connectivity index (χ4n) is 5.85. The largest absolute Gasteiger partial charge is 0.0149 e. The molecule has 2 aliphatic carbocycles. The van der Waals surface area contributed by atoms with Gasteiger partial charge in [-0.15, -0.1) is 0 Å². The maximum atomic E-state index is 13.5. The topological polar surface area (TPSA) is 29.1 Å². The Balaban J connectivity index is 0.000000850. The van der Waals surface area contributed by atoms with Crippen LogP contribution >= 0.6 is 0 Å². The number of benzene rings is 2. The van der Waals surface area contributed by atoms with Crippen molar-refractivity contribution in [3.05, 3.63) is 85.0 Å². The van der Waals surface area contributed by atoms with Crippen molar-refractivity contribution in [1.82, 2.24) is 3.80 Å². The molecule has 0 spiro atoms. The van der Waals surface area contributed by atoms with Crippen LogP contribution in [0.1, 0.15) is 86.0 Å². The Hall–Kier alpha value is -1.68. The van der Waals surface area contributed by atoms with E-state index in [9.17, 15) is 4.79 Å². The van der Waals surface area contributed by atoms with Crippen LogP contribution in [-0.2, 0) is 21.6 Å². The minimum Gasteiger partial charge on any atom is -0.0149 e. The van der Waals surface area contributed by atoms with Crippen LogP contribution < -0.4 is 3.80 Å². The Morgan fingerprint density at radius 3 is 1.56 bits per heavy atom. The second-order valence-electron chi connectivity index (χ2n) is 10.7. The average molecular weight is 540 g/mol. The van der Waals surface area contributed by atoms with Crippen LogP contribution in [0.25, 0.3) is 11.1 Å². The standard InChI is InChI=1S/C13H25NO.C13H9.C4H6.2CH3.H4Si.Ti/c14-13(15)12-10-8-6-4-2-1-3-5-7-9-11-12;1-3-7-12-10(5-1)9-11-6-2-4-8-13(11)12;1-3-4-2;;;;/h12H,1-11H2,(H2,14,15);1-9H;3-4H,1-2H2;2*1H3;1H4;/q;;;;;;+1/p-1. The van der Waals surface area contributed by atoms with Gasteiger partial charge in [-0.05, 0) is 11.0 Å². The second kappa shape index (κ2) is 15.5. The van der Waals surface area contributed by atoms with Crippen molar-refractivity contribution in [2.45, 2.75) is 85.3 Å². The third-order valence-corrected chi connectivity index (χ3v) is 12.3. The first-order valence-electron chi connectivity index (χ1n) is 13.7. The summed E-state index contributed by atoms with van der Waals surface area (Å²) in [6.07, 6.45) is 17.2. The summed E-state index contributed by atoms with van der Waals surface area (Å²) >= 11 is -2.70. The molecule has 36 heavy (non-hydrogen) atoms. The summed E-state index contributed by atoms with van der Waals surface area (Å²) in [6.45, 7) is 6.72. The fourth-order valence-corrected chi connectivity index (χ4v) is 10.6. The first kappa shape index (κ1) is 30.5. The van der Waals surface area contributed by atoms with E-state index < -0.39 is 16.8 Å². The first-order valence-corrected chi connectivity index (χ1v) is 18.5. The van der Waals surface area contributed by atoms with Gasteiger partial charge in [0.15, 0.2) is 0 Å². The Kier molecular flexibility index (Phi) is 13.2.